The highest BCUT2D eigenvalue weighted by molar-refractivity contribution is 7.16. The van der Waals surface area contributed by atoms with Crippen LogP contribution in [-0.4, -0.2) is 10.5 Å². The first-order valence-corrected chi connectivity index (χ1v) is 9.68. The minimum absolute atomic E-state index is 0.235. The lowest BCUT2D eigenvalue weighted by Crippen LogP contribution is -2.17. The number of hydrogen-bond donors (Lipinski definition) is 0. The Morgan fingerprint density at radius 3 is 2.74 bits per heavy atom. The zero-order chi connectivity index (χ0) is 19.0. The molecule has 0 aliphatic heterocycles. The third kappa shape index (κ3) is 3.37. The van der Waals surface area contributed by atoms with Gasteiger partial charge in [-0.05, 0) is 55.0 Å². The molecule has 1 aromatic heterocycles. The van der Waals surface area contributed by atoms with Crippen molar-refractivity contribution in [1.29, 1.82) is 0 Å². The Labute approximate surface area is 159 Å². The van der Waals surface area contributed by atoms with Crippen LogP contribution in [0.15, 0.2) is 48.0 Å². The molecule has 0 saturated heterocycles. The number of aromatic nitrogens is 1. The first-order valence-electron chi connectivity index (χ1n) is 8.87. The van der Waals surface area contributed by atoms with Crippen molar-refractivity contribution in [2.75, 3.05) is 0 Å². The number of benzene rings is 2. The molecule has 0 unspecified atom stereocenters. The quantitative estimate of drug-likeness (QED) is 0.598. The number of thiazole rings is 1. The van der Waals surface area contributed by atoms with Crippen molar-refractivity contribution in [2.45, 2.75) is 32.2 Å². The number of amides is 1. The van der Waals surface area contributed by atoms with Gasteiger partial charge in [-0.25, -0.2) is 8.78 Å². The van der Waals surface area contributed by atoms with Crippen molar-refractivity contribution >= 4 is 27.5 Å². The van der Waals surface area contributed by atoms with E-state index in [1.165, 1.54) is 23.6 Å². The van der Waals surface area contributed by atoms with Gasteiger partial charge in [-0.3, -0.25) is 4.79 Å². The van der Waals surface area contributed by atoms with Crippen LogP contribution in [0.3, 0.4) is 0 Å². The van der Waals surface area contributed by atoms with Gasteiger partial charge >= 0.3 is 0 Å². The van der Waals surface area contributed by atoms with Crippen LogP contribution in [0.4, 0.5) is 8.78 Å². The molecule has 1 aliphatic rings. The molecule has 0 spiro atoms. The van der Waals surface area contributed by atoms with Crippen molar-refractivity contribution in [3.63, 3.8) is 0 Å². The van der Waals surface area contributed by atoms with Crippen LogP contribution < -0.4 is 4.80 Å². The fraction of sp³-hybridized carbons (Fsp3) is 0.238. The first kappa shape index (κ1) is 17.8. The lowest BCUT2D eigenvalue weighted by molar-refractivity contribution is 0.0997. The fourth-order valence-electron chi connectivity index (χ4n) is 3.53. The second-order valence-electron chi connectivity index (χ2n) is 6.63. The summed E-state index contributed by atoms with van der Waals surface area (Å²) in [6.07, 6.45) is 5.91. The topological polar surface area (TPSA) is 34.4 Å². The zero-order valence-electron chi connectivity index (χ0n) is 14.7. The Bertz CT molecular complexity index is 1130. The number of carbonyl (C=O) groups excluding carboxylic acids is 1. The molecule has 0 fully saturated rings. The number of nitrogens with zero attached hydrogens (tertiary/aromatic N) is 2. The highest BCUT2D eigenvalue weighted by Gasteiger charge is 2.15. The predicted molar refractivity (Wildman–Crippen MR) is 103 cm³/mol. The lowest BCUT2D eigenvalue weighted by Gasteiger charge is -2.15. The van der Waals surface area contributed by atoms with E-state index >= 15 is 0 Å². The molecule has 3 aromatic rings. The molecular weight excluding hydrogens is 366 g/mol. The molecular formula is C21H18F2N2OS. The first-order chi connectivity index (χ1) is 13.1. The van der Waals surface area contributed by atoms with Crippen LogP contribution >= 0.6 is 11.3 Å². The summed E-state index contributed by atoms with van der Waals surface area (Å²) >= 11 is 1.09. The molecule has 27 heavy (non-hydrogen) atoms. The van der Waals surface area contributed by atoms with E-state index in [1.54, 1.807) is 16.7 Å². The van der Waals surface area contributed by atoms with E-state index in [0.717, 1.165) is 36.7 Å². The van der Waals surface area contributed by atoms with Crippen LogP contribution in [0, 0.1) is 11.6 Å². The summed E-state index contributed by atoms with van der Waals surface area (Å²) in [6, 6.07) is 7.79. The maximum absolute atomic E-state index is 14.3. The van der Waals surface area contributed by atoms with Gasteiger partial charge in [0.05, 0.1) is 10.2 Å². The van der Waals surface area contributed by atoms with Crippen LogP contribution in [-0.2, 0) is 19.4 Å². The summed E-state index contributed by atoms with van der Waals surface area (Å²) in [7, 11) is 0. The Balaban J connectivity index is 1.82. The summed E-state index contributed by atoms with van der Waals surface area (Å²) in [6.45, 7) is 3.95. The summed E-state index contributed by atoms with van der Waals surface area (Å²) in [5, 5.41) is 0. The van der Waals surface area contributed by atoms with Gasteiger partial charge in [-0.2, -0.15) is 4.99 Å². The molecule has 0 bridgehead atoms. The summed E-state index contributed by atoms with van der Waals surface area (Å²) in [5.41, 5.74) is 3.24. The molecule has 0 N–H and O–H groups in total. The van der Waals surface area contributed by atoms with Crippen molar-refractivity contribution in [1.82, 2.24) is 4.57 Å². The molecule has 2 aromatic carbocycles. The van der Waals surface area contributed by atoms with Crippen molar-refractivity contribution in [3.05, 3.63) is 76.1 Å². The summed E-state index contributed by atoms with van der Waals surface area (Å²) in [5.74, 6) is -1.71. The van der Waals surface area contributed by atoms with Crippen molar-refractivity contribution < 1.29 is 13.6 Å². The van der Waals surface area contributed by atoms with E-state index < -0.39 is 11.6 Å². The van der Waals surface area contributed by atoms with Crippen LogP contribution in [0.2, 0.25) is 0 Å². The van der Waals surface area contributed by atoms with E-state index in [0.29, 0.717) is 15.1 Å². The Morgan fingerprint density at radius 2 is 1.96 bits per heavy atom. The van der Waals surface area contributed by atoms with E-state index in [4.69, 9.17) is 0 Å². The van der Waals surface area contributed by atoms with Crippen LogP contribution in [0.5, 0.6) is 0 Å². The van der Waals surface area contributed by atoms with E-state index in [2.05, 4.69) is 11.6 Å². The standard InChI is InChI=1S/C21H18F2N2OS/c1-2-9-25-19-17(23)11-16(22)12-18(19)27-21(25)24-20(26)15-8-7-13-5-3-4-6-14(13)10-15/h2,7-8,10-12H,1,3-6,9H2. The van der Waals surface area contributed by atoms with Gasteiger partial charge < -0.3 is 4.57 Å². The van der Waals surface area contributed by atoms with Gasteiger partial charge in [0.15, 0.2) is 10.6 Å². The molecule has 0 radical (unpaired) electrons. The van der Waals surface area contributed by atoms with E-state index in [1.807, 2.05) is 12.1 Å². The number of carbonyl (C=O) groups is 1. The largest absolute Gasteiger partial charge is 0.310 e. The second kappa shape index (κ2) is 7.19. The second-order valence-corrected chi connectivity index (χ2v) is 7.63. The Kier molecular flexibility index (Phi) is 4.74. The molecule has 3 nitrogen and oxygen atoms in total. The Morgan fingerprint density at radius 1 is 1.19 bits per heavy atom. The molecule has 6 heteroatoms. The normalized spacial score (nSPS) is 14.4. The minimum Gasteiger partial charge on any atom is -0.310 e. The molecule has 1 amide bonds. The average Bonchev–Trinajstić information content (AvgIpc) is 2.98. The summed E-state index contributed by atoms with van der Waals surface area (Å²) in [4.78, 5) is 17.3. The minimum atomic E-state index is -0.675. The smallest absolute Gasteiger partial charge is 0.279 e. The monoisotopic (exact) mass is 384 g/mol. The van der Waals surface area contributed by atoms with Gasteiger partial charge in [0.2, 0.25) is 0 Å². The third-order valence-electron chi connectivity index (χ3n) is 4.80. The highest BCUT2D eigenvalue weighted by Crippen LogP contribution is 2.24. The SMILES string of the molecule is C=CCn1c(=NC(=O)c2ccc3c(c2)CCCC3)sc2cc(F)cc(F)c21. The number of hydrogen-bond acceptors (Lipinski definition) is 2. The van der Waals surface area contributed by atoms with Gasteiger partial charge in [-0.1, -0.05) is 23.5 Å². The fourth-order valence-corrected chi connectivity index (χ4v) is 4.61. The highest BCUT2D eigenvalue weighted by atomic mass is 32.1. The maximum atomic E-state index is 14.3. The van der Waals surface area contributed by atoms with Crippen molar-refractivity contribution in [3.8, 4) is 0 Å². The summed E-state index contributed by atoms with van der Waals surface area (Å²) < 4.78 is 29.8. The number of allylic oxidation sites excluding steroid dienone is 1. The van der Waals surface area contributed by atoms with Gasteiger partial charge in [0, 0.05) is 18.2 Å². The van der Waals surface area contributed by atoms with E-state index in [-0.39, 0.29) is 18.0 Å². The number of fused-ring (bicyclic) bond motifs is 2. The van der Waals surface area contributed by atoms with Gasteiger partial charge in [-0.15, -0.1) is 6.58 Å². The molecule has 0 atom stereocenters. The van der Waals surface area contributed by atoms with E-state index in [9.17, 15) is 13.6 Å². The Hall–Kier alpha value is -2.60. The number of halogens is 2. The molecule has 4 rings (SSSR count). The van der Waals surface area contributed by atoms with Crippen molar-refractivity contribution in [2.24, 2.45) is 4.99 Å². The molecule has 0 saturated carbocycles. The molecule has 138 valence electrons. The maximum Gasteiger partial charge on any atom is 0.279 e. The van der Waals surface area contributed by atoms with Crippen LogP contribution in [0.1, 0.15) is 34.3 Å². The van der Waals surface area contributed by atoms with Crippen LogP contribution in [0.25, 0.3) is 10.2 Å². The molecule has 1 aliphatic carbocycles. The van der Waals surface area contributed by atoms with Gasteiger partial charge in [0.25, 0.3) is 5.91 Å². The number of aryl methyl sites for hydroxylation is 2. The predicted octanol–water partition coefficient (Wildman–Crippen LogP) is 4.79. The lowest BCUT2D eigenvalue weighted by atomic mass is 9.90. The average molecular weight is 384 g/mol. The van der Waals surface area contributed by atoms with Gasteiger partial charge in [0.1, 0.15) is 5.82 Å². The molecule has 1 heterocycles. The third-order valence-corrected chi connectivity index (χ3v) is 5.82. The zero-order valence-corrected chi connectivity index (χ0v) is 15.5. The number of rotatable bonds is 3.